The number of esters is 2. The van der Waals surface area contributed by atoms with E-state index in [4.69, 9.17) is 18.9 Å². The molecule has 9 heteroatoms. The van der Waals surface area contributed by atoms with Crippen molar-refractivity contribution in [3.8, 4) is 0 Å². The SMILES string of the molecule is CC(=O)C(C)(C)OCC(C)(COC(=O)C(C)(C)CCCCc1ccc2c3c4c(ccc13)C=CCC4=CC2)C(=O)OCCNC(=O)OC(C)(C)C. The van der Waals surface area contributed by atoms with Crippen LogP contribution >= 0.6 is 0 Å². The van der Waals surface area contributed by atoms with Crippen molar-refractivity contribution in [2.45, 2.75) is 112 Å². The second-order valence-electron chi connectivity index (χ2n) is 16.0. The molecule has 0 heterocycles. The molecule has 0 spiro atoms. The van der Waals surface area contributed by atoms with Gasteiger partial charge < -0.3 is 24.3 Å². The van der Waals surface area contributed by atoms with E-state index in [0.717, 1.165) is 32.1 Å². The van der Waals surface area contributed by atoms with Gasteiger partial charge in [-0.25, -0.2) is 4.79 Å². The number of alkyl carbamates (subject to hydrolysis) is 1. The minimum atomic E-state index is -1.40. The summed E-state index contributed by atoms with van der Waals surface area (Å²) >= 11 is 0. The minimum absolute atomic E-state index is 0.0287. The molecule has 0 aliphatic heterocycles. The lowest BCUT2D eigenvalue weighted by atomic mass is 9.80. The van der Waals surface area contributed by atoms with Gasteiger partial charge in [-0.3, -0.25) is 14.4 Å². The van der Waals surface area contributed by atoms with Crippen molar-refractivity contribution in [2.24, 2.45) is 10.8 Å². The fraction of sp³-hybridized carbons (Fsp3) is 0.561. The topological polar surface area (TPSA) is 117 Å². The Balaban J connectivity index is 1.33. The standard InChI is InChI=1S/C41H55NO8/c1-27(43)40(7,8)49-26-41(9,36(45)47-24-23-42-37(46)50-38(2,3)4)25-48-35(44)39(5,6)22-11-10-13-28-16-17-31-19-18-29-14-12-15-30-20-21-32(28)34(31)33(29)30/h12,15-18,20-21H,10-11,13-14,19,22-26H2,1-9H3,(H,42,46). The Hall–Kier alpha value is -3.98. The number of amides is 1. The molecule has 0 bridgehead atoms. The van der Waals surface area contributed by atoms with Crippen molar-refractivity contribution < 1.29 is 38.1 Å². The number of unbranched alkanes of at least 4 members (excludes halogenated alkanes) is 1. The zero-order valence-electron chi connectivity index (χ0n) is 31.4. The van der Waals surface area contributed by atoms with Crippen LogP contribution in [0.25, 0.3) is 22.4 Å². The number of allylic oxidation sites excluding steroid dienone is 3. The van der Waals surface area contributed by atoms with Crippen LogP contribution in [0, 0.1) is 10.8 Å². The van der Waals surface area contributed by atoms with Gasteiger partial charge >= 0.3 is 18.0 Å². The van der Waals surface area contributed by atoms with Crippen LogP contribution < -0.4 is 5.32 Å². The monoisotopic (exact) mass is 689 g/mol. The van der Waals surface area contributed by atoms with E-state index in [1.807, 2.05) is 13.8 Å². The zero-order chi connectivity index (χ0) is 36.9. The average molecular weight is 690 g/mol. The highest BCUT2D eigenvalue weighted by atomic mass is 16.6. The molecule has 1 unspecified atom stereocenters. The summed E-state index contributed by atoms with van der Waals surface area (Å²) < 4.78 is 22.3. The molecule has 0 radical (unpaired) electrons. The second-order valence-corrected chi connectivity index (χ2v) is 16.0. The van der Waals surface area contributed by atoms with Gasteiger partial charge in [0.25, 0.3) is 0 Å². The third-order valence-corrected chi connectivity index (χ3v) is 9.58. The number of carbonyl (C=O) groups is 4. The van der Waals surface area contributed by atoms with Gasteiger partial charge in [-0.1, -0.05) is 48.9 Å². The number of carbonyl (C=O) groups excluding carboxylic acids is 4. The Labute approximate surface area is 297 Å². The zero-order valence-corrected chi connectivity index (χ0v) is 31.4. The van der Waals surface area contributed by atoms with Crippen molar-refractivity contribution in [3.63, 3.8) is 0 Å². The van der Waals surface area contributed by atoms with Crippen molar-refractivity contribution in [1.82, 2.24) is 5.32 Å². The maximum absolute atomic E-state index is 13.4. The van der Waals surface area contributed by atoms with E-state index >= 15 is 0 Å². The smallest absolute Gasteiger partial charge is 0.407 e. The lowest BCUT2D eigenvalue weighted by Crippen LogP contribution is -2.45. The predicted molar refractivity (Wildman–Crippen MR) is 196 cm³/mol. The molecule has 1 N–H and O–H groups in total. The lowest BCUT2D eigenvalue weighted by Gasteiger charge is -2.32. The highest BCUT2D eigenvalue weighted by molar-refractivity contribution is 6.03. The molecular weight excluding hydrogens is 634 g/mol. The fourth-order valence-electron chi connectivity index (χ4n) is 6.09. The van der Waals surface area contributed by atoms with E-state index in [0.29, 0.717) is 6.42 Å². The first kappa shape index (κ1) is 38.8. The summed E-state index contributed by atoms with van der Waals surface area (Å²) in [6.45, 7) is 14.6. The van der Waals surface area contributed by atoms with Crippen LogP contribution in [0.4, 0.5) is 4.79 Å². The molecule has 0 saturated heterocycles. The van der Waals surface area contributed by atoms with Crippen molar-refractivity contribution in [2.75, 3.05) is 26.4 Å². The summed E-state index contributed by atoms with van der Waals surface area (Å²) in [5.41, 5.74) is 2.81. The molecule has 2 aliphatic carbocycles. The molecule has 9 nitrogen and oxygen atoms in total. The Morgan fingerprint density at radius 1 is 0.840 bits per heavy atom. The van der Waals surface area contributed by atoms with Crippen LogP contribution in [0.3, 0.4) is 0 Å². The number of benzene rings is 2. The molecule has 0 saturated carbocycles. The molecule has 2 aliphatic rings. The number of nitrogens with one attached hydrogen (secondary N) is 1. The van der Waals surface area contributed by atoms with Gasteiger partial charge in [-0.15, -0.1) is 0 Å². The van der Waals surface area contributed by atoms with Crippen LogP contribution in [0.1, 0.15) is 110 Å². The number of Topliss-reactive ketones (excluding diaryl/α,β-unsaturated/α-hetero) is 1. The highest BCUT2D eigenvalue weighted by Gasteiger charge is 2.41. The maximum Gasteiger partial charge on any atom is 0.407 e. The third-order valence-electron chi connectivity index (χ3n) is 9.58. The van der Waals surface area contributed by atoms with Crippen molar-refractivity contribution >= 4 is 46.2 Å². The van der Waals surface area contributed by atoms with Crippen LogP contribution in [0.2, 0.25) is 0 Å². The summed E-state index contributed by atoms with van der Waals surface area (Å²) in [5, 5.41) is 5.26. The van der Waals surface area contributed by atoms with Crippen molar-refractivity contribution in [1.29, 1.82) is 0 Å². The molecule has 4 rings (SSSR count). The Morgan fingerprint density at radius 2 is 1.58 bits per heavy atom. The van der Waals surface area contributed by atoms with Crippen molar-refractivity contribution in [3.05, 3.63) is 58.7 Å². The first-order valence-corrected chi connectivity index (χ1v) is 17.7. The van der Waals surface area contributed by atoms with E-state index in [1.54, 1.807) is 41.5 Å². The van der Waals surface area contributed by atoms with Gasteiger partial charge in [0.1, 0.15) is 29.8 Å². The highest BCUT2D eigenvalue weighted by Crippen LogP contribution is 2.41. The van der Waals surface area contributed by atoms with Crippen LogP contribution in [-0.2, 0) is 46.2 Å². The summed E-state index contributed by atoms with van der Waals surface area (Å²) in [4.78, 5) is 50.8. The van der Waals surface area contributed by atoms with E-state index in [2.05, 4.69) is 47.8 Å². The van der Waals surface area contributed by atoms with Gasteiger partial charge in [-0.2, -0.15) is 0 Å². The Bertz CT molecular complexity index is 1680. The number of hydrogen-bond donors (Lipinski definition) is 1. The van der Waals surface area contributed by atoms with E-state index in [1.165, 1.54) is 45.5 Å². The number of rotatable bonds is 16. The largest absolute Gasteiger partial charge is 0.464 e. The molecule has 0 aromatic heterocycles. The molecule has 2 aromatic carbocycles. The maximum atomic E-state index is 13.4. The first-order valence-electron chi connectivity index (χ1n) is 17.7. The van der Waals surface area contributed by atoms with Crippen LogP contribution in [0.5, 0.6) is 0 Å². The number of aryl methyl sites for hydroxylation is 1. The molecule has 2 aromatic rings. The fourth-order valence-corrected chi connectivity index (χ4v) is 6.09. The summed E-state index contributed by atoms with van der Waals surface area (Å²) in [5.74, 6) is -1.31. The lowest BCUT2D eigenvalue weighted by molar-refractivity contribution is -0.177. The molecule has 0 fully saturated rings. The third kappa shape index (κ3) is 9.62. The second kappa shape index (κ2) is 15.5. The van der Waals surface area contributed by atoms with E-state index in [9.17, 15) is 19.2 Å². The number of ether oxygens (including phenoxy) is 4. The van der Waals surface area contributed by atoms with Crippen LogP contribution in [-0.4, -0.2) is 61.4 Å². The summed E-state index contributed by atoms with van der Waals surface area (Å²) in [6.07, 6.45) is 11.4. The molecule has 1 atom stereocenters. The average Bonchev–Trinajstić information content (AvgIpc) is 3.05. The Morgan fingerprint density at radius 3 is 2.28 bits per heavy atom. The van der Waals surface area contributed by atoms with Gasteiger partial charge in [-0.05, 0) is 133 Å². The van der Waals surface area contributed by atoms with E-state index < -0.39 is 40.1 Å². The van der Waals surface area contributed by atoms with E-state index in [-0.39, 0.29) is 32.1 Å². The van der Waals surface area contributed by atoms with Crippen LogP contribution in [0.15, 0.2) is 36.4 Å². The van der Waals surface area contributed by atoms with Gasteiger partial charge in [0.05, 0.1) is 18.6 Å². The minimum Gasteiger partial charge on any atom is -0.464 e. The molecule has 1 amide bonds. The Kier molecular flexibility index (Phi) is 12.0. The summed E-state index contributed by atoms with van der Waals surface area (Å²) in [6, 6.07) is 9.01. The van der Waals surface area contributed by atoms with Gasteiger partial charge in [0, 0.05) is 0 Å². The predicted octanol–water partition coefficient (Wildman–Crippen LogP) is 7.94. The normalized spacial score (nSPS) is 15.2. The number of hydrogen-bond acceptors (Lipinski definition) is 8. The summed E-state index contributed by atoms with van der Waals surface area (Å²) in [7, 11) is 0. The first-order chi connectivity index (χ1) is 23.3. The van der Waals surface area contributed by atoms with Gasteiger partial charge in [0.15, 0.2) is 5.78 Å². The molecular formula is C41H55NO8. The molecule has 50 heavy (non-hydrogen) atoms. The number of ketones is 1. The quantitative estimate of drug-likeness (QED) is 0.107. The van der Waals surface area contributed by atoms with Gasteiger partial charge in [0.2, 0.25) is 0 Å². The molecule has 272 valence electrons.